The summed E-state index contributed by atoms with van der Waals surface area (Å²) in [6.45, 7) is 15.7. The smallest absolute Gasteiger partial charge is 0.223 e. The Kier molecular flexibility index (Phi) is 9.67. The molecule has 3 unspecified atom stereocenters. The summed E-state index contributed by atoms with van der Waals surface area (Å²) in [5.74, 6) is 1.36. The van der Waals surface area contributed by atoms with Crippen LogP contribution in [0.2, 0.25) is 5.02 Å². The number of nitrogens with one attached hydrogen (secondary N) is 1. The van der Waals surface area contributed by atoms with Crippen LogP contribution in [0.3, 0.4) is 0 Å². The maximum Gasteiger partial charge on any atom is 0.223 e. The zero-order valence-electron chi connectivity index (χ0n) is 22.7. The van der Waals surface area contributed by atoms with Crippen molar-refractivity contribution in [2.75, 3.05) is 26.2 Å². The van der Waals surface area contributed by atoms with Crippen molar-refractivity contribution in [3.05, 3.63) is 34.3 Å². The minimum absolute atomic E-state index is 0.00860. The molecule has 0 bridgehead atoms. The Hall–Kier alpha value is -1.59. The predicted molar refractivity (Wildman–Crippen MR) is 144 cm³/mol. The van der Waals surface area contributed by atoms with Gasteiger partial charge in [0.2, 0.25) is 11.8 Å². The quantitative estimate of drug-likeness (QED) is 0.426. The number of aryl methyl sites for hydroxylation is 1. The van der Waals surface area contributed by atoms with Gasteiger partial charge < -0.3 is 10.2 Å². The topological polar surface area (TPSA) is 52.7 Å². The van der Waals surface area contributed by atoms with E-state index in [1.165, 1.54) is 24.8 Å². The molecule has 0 radical (unpaired) electrons. The minimum Gasteiger partial charge on any atom is -0.356 e. The van der Waals surface area contributed by atoms with Gasteiger partial charge in [0, 0.05) is 56.6 Å². The van der Waals surface area contributed by atoms with Crippen LogP contribution < -0.4 is 5.32 Å². The lowest BCUT2D eigenvalue weighted by atomic mass is 9.82. The third-order valence-electron chi connectivity index (χ3n) is 7.97. The van der Waals surface area contributed by atoms with Crippen LogP contribution in [-0.2, 0) is 9.59 Å². The fraction of sp³-hybridized carbons (Fsp3) is 0.724. The van der Waals surface area contributed by atoms with Crippen molar-refractivity contribution in [2.45, 2.75) is 92.2 Å². The van der Waals surface area contributed by atoms with Crippen molar-refractivity contribution in [1.29, 1.82) is 0 Å². The SMILES string of the molecule is CCC(CCNC(C)=O)CC(=O)N1CCN(C(CC2CC2)c2ccc(C)c(Cl)c2)CC1C(C)(C)C. The standard InChI is InChI=1S/C29H46ClN3O2/c1-7-22(12-13-31-21(3)34)17-28(35)33-15-14-32(19-27(33)29(4,5)6)26(16-23-9-10-23)24-11-8-20(2)25(30)18-24/h8,11,18,22-23,26-27H,7,9-10,12-17,19H2,1-6H3,(H,31,34). The maximum atomic E-state index is 13.5. The van der Waals surface area contributed by atoms with Crippen molar-refractivity contribution >= 4 is 23.4 Å². The minimum atomic E-state index is -0.0126. The first-order valence-electron chi connectivity index (χ1n) is 13.5. The van der Waals surface area contributed by atoms with Gasteiger partial charge in [-0.1, -0.05) is 70.7 Å². The van der Waals surface area contributed by atoms with E-state index in [1.54, 1.807) is 6.92 Å². The maximum absolute atomic E-state index is 13.5. The lowest BCUT2D eigenvalue weighted by molar-refractivity contribution is -0.141. The molecule has 6 heteroatoms. The highest BCUT2D eigenvalue weighted by atomic mass is 35.5. The van der Waals surface area contributed by atoms with Crippen molar-refractivity contribution in [3.63, 3.8) is 0 Å². The monoisotopic (exact) mass is 503 g/mol. The van der Waals surface area contributed by atoms with Crippen molar-refractivity contribution in [2.24, 2.45) is 17.3 Å². The second kappa shape index (κ2) is 12.1. The molecule has 1 aromatic carbocycles. The fourth-order valence-electron chi connectivity index (χ4n) is 5.38. The first kappa shape index (κ1) is 28.0. The highest BCUT2D eigenvalue weighted by Gasteiger charge is 2.41. The molecule has 3 rings (SSSR count). The molecule has 5 nitrogen and oxygen atoms in total. The summed E-state index contributed by atoms with van der Waals surface area (Å²) in [5, 5.41) is 3.72. The Morgan fingerprint density at radius 3 is 2.49 bits per heavy atom. The van der Waals surface area contributed by atoms with E-state index in [-0.39, 0.29) is 23.3 Å². The Bertz CT molecular complexity index is 877. The molecule has 1 saturated heterocycles. The normalized spacial score (nSPS) is 21.0. The average Bonchev–Trinajstić information content (AvgIpc) is 3.61. The van der Waals surface area contributed by atoms with Gasteiger partial charge in [-0.15, -0.1) is 0 Å². The third kappa shape index (κ3) is 7.95. The van der Waals surface area contributed by atoms with E-state index >= 15 is 0 Å². The summed E-state index contributed by atoms with van der Waals surface area (Å²) < 4.78 is 0. The summed E-state index contributed by atoms with van der Waals surface area (Å²) in [6, 6.07) is 7.07. The predicted octanol–water partition coefficient (Wildman–Crippen LogP) is 5.99. The second-order valence-electron chi connectivity index (χ2n) is 11.9. The van der Waals surface area contributed by atoms with Crippen molar-refractivity contribution in [1.82, 2.24) is 15.1 Å². The lowest BCUT2D eigenvalue weighted by Crippen LogP contribution is -2.60. The highest BCUT2D eigenvalue weighted by Crippen LogP contribution is 2.42. The molecule has 2 amide bonds. The molecule has 1 heterocycles. The molecule has 196 valence electrons. The van der Waals surface area contributed by atoms with Gasteiger partial charge in [0.25, 0.3) is 0 Å². The largest absolute Gasteiger partial charge is 0.356 e. The van der Waals surface area contributed by atoms with Crippen LogP contribution in [0, 0.1) is 24.2 Å². The van der Waals surface area contributed by atoms with E-state index in [4.69, 9.17) is 11.6 Å². The average molecular weight is 504 g/mol. The molecular formula is C29H46ClN3O2. The van der Waals surface area contributed by atoms with E-state index < -0.39 is 0 Å². The molecule has 1 saturated carbocycles. The van der Waals surface area contributed by atoms with Gasteiger partial charge in [-0.25, -0.2) is 0 Å². The van der Waals surface area contributed by atoms with Gasteiger partial charge in [-0.2, -0.15) is 0 Å². The Morgan fingerprint density at radius 1 is 1.20 bits per heavy atom. The molecule has 3 atom stereocenters. The van der Waals surface area contributed by atoms with Crippen LogP contribution in [0.4, 0.5) is 0 Å². The number of halogens is 1. The number of rotatable bonds is 10. The van der Waals surface area contributed by atoms with Gasteiger partial charge in [-0.05, 0) is 54.2 Å². The first-order valence-corrected chi connectivity index (χ1v) is 13.9. The number of nitrogens with zero attached hydrogens (tertiary/aromatic N) is 2. The van der Waals surface area contributed by atoms with Crippen LogP contribution in [0.5, 0.6) is 0 Å². The first-order chi connectivity index (χ1) is 16.5. The van der Waals surface area contributed by atoms with E-state index in [9.17, 15) is 9.59 Å². The third-order valence-corrected chi connectivity index (χ3v) is 8.38. The number of carbonyl (C=O) groups is 2. The van der Waals surface area contributed by atoms with Gasteiger partial charge in [-0.3, -0.25) is 14.5 Å². The van der Waals surface area contributed by atoms with E-state index in [1.807, 2.05) is 0 Å². The Balaban J connectivity index is 1.73. The molecule has 2 fully saturated rings. The Labute approximate surface area is 218 Å². The lowest BCUT2D eigenvalue weighted by Gasteiger charge is -2.49. The molecule has 2 aliphatic rings. The molecule has 1 aliphatic carbocycles. The van der Waals surface area contributed by atoms with E-state index in [0.29, 0.717) is 24.9 Å². The zero-order chi connectivity index (χ0) is 25.8. The number of benzene rings is 1. The summed E-state index contributed by atoms with van der Waals surface area (Å²) in [5.41, 5.74) is 2.41. The summed E-state index contributed by atoms with van der Waals surface area (Å²) in [6.07, 6.45) is 6.18. The van der Waals surface area contributed by atoms with Crippen LogP contribution in [0.1, 0.15) is 90.3 Å². The molecule has 1 aliphatic heterocycles. The van der Waals surface area contributed by atoms with Gasteiger partial charge in [0.1, 0.15) is 0 Å². The number of amides is 2. The van der Waals surface area contributed by atoms with Crippen LogP contribution in [0.15, 0.2) is 18.2 Å². The van der Waals surface area contributed by atoms with Crippen LogP contribution >= 0.6 is 11.6 Å². The highest BCUT2D eigenvalue weighted by molar-refractivity contribution is 6.31. The van der Waals surface area contributed by atoms with Gasteiger partial charge in [0.15, 0.2) is 0 Å². The zero-order valence-corrected chi connectivity index (χ0v) is 23.5. The van der Waals surface area contributed by atoms with Gasteiger partial charge >= 0.3 is 0 Å². The Morgan fingerprint density at radius 2 is 1.91 bits per heavy atom. The number of piperazine rings is 1. The van der Waals surface area contributed by atoms with Crippen molar-refractivity contribution < 1.29 is 9.59 Å². The molecule has 35 heavy (non-hydrogen) atoms. The molecular weight excluding hydrogens is 458 g/mol. The van der Waals surface area contributed by atoms with Gasteiger partial charge in [0.05, 0.1) is 0 Å². The second-order valence-corrected chi connectivity index (χ2v) is 12.3. The number of hydrogen-bond donors (Lipinski definition) is 1. The van der Waals surface area contributed by atoms with Crippen LogP contribution in [0.25, 0.3) is 0 Å². The number of hydrogen-bond acceptors (Lipinski definition) is 3. The van der Waals surface area contributed by atoms with Crippen LogP contribution in [-0.4, -0.2) is 53.8 Å². The number of carbonyl (C=O) groups excluding carboxylic acids is 2. The summed E-state index contributed by atoms with van der Waals surface area (Å²) in [7, 11) is 0. The fourth-order valence-corrected chi connectivity index (χ4v) is 5.56. The van der Waals surface area contributed by atoms with E-state index in [2.05, 4.69) is 67.9 Å². The molecule has 0 spiro atoms. The molecule has 1 N–H and O–H groups in total. The molecule has 1 aromatic rings. The van der Waals surface area contributed by atoms with Crippen molar-refractivity contribution in [3.8, 4) is 0 Å². The summed E-state index contributed by atoms with van der Waals surface area (Å²) >= 11 is 6.54. The summed E-state index contributed by atoms with van der Waals surface area (Å²) in [4.78, 5) is 29.6. The molecule has 0 aromatic heterocycles. The van der Waals surface area contributed by atoms with E-state index in [0.717, 1.165) is 49.0 Å².